The maximum atomic E-state index is 13.6. The van der Waals surface area contributed by atoms with Crippen LogP contribution < -0.4 is 0 Å². The number of aromatic carboxylic acids is 1. The van der Waals surface area contributed by atoms with Gasteiger partial charge in [0.1, 0.15) is 11.4 Å². The van der Waals surface area contributed by atoms with Gasteiger partial charge in [0.05, 0.1) is 5.56 Å². The SMILES string of the molecule is CC(=O)SCCC#Cc1ccc(F)c(C(=O)O)c1F. The van der Waals surface area contributed by atoms with Gasteiger partial charge in [0, 0.05) is 19.1 Å². The van der Waals surface area contributed by atoms with Crippen molar-refractivity contribution >= 4 is 22.8 Å². The van der Waals surface area contributed by atoms with E-state index in [1.165, 1.54) is 6.92 Å². The van der Waals surface area contributed by atoms with E-state index in [2.05, 4.69) is 11.8 Å². The van der Waals surface area contributed by atoms with Gasteiger partial charge in [0.25, 0.3) is 0 Å². The van der Waals surface area contributed by atoms with Crippen molar-refractivity contribution in [3.63, 3.8) is 0 Å². The zero-order valence-electron chi connectivity index (χ0n) is 10.00. The molecule has 1 aromatic rings. The highest BCUT2D eigenvalue weighted by molar-refractivity contribution is 8.13. The molecule has 100 valence electrons. The normalized spacial score (nSPS) is 9.63. The van der Waals surface area contributed by atoms with Crippen LogP contribution in [-0.2, 0) is 4.79 Å². The van der Waals surface area contributed by atoms with Gasteiger partial charge in [0.2, 0.25) is 0 Å². The predicted molar refractivity (Wildman–Crippen MR) is 68.0 cm³/mol. The van der Waals surface area contributed by atoms with Gasteiger partial charge in [0.15, 0.2) is 10.9 Å². The van der Waals surface area contributed by atoms with Crippen molar-refractivity contribution in [1.29, 1.82) is 0 Å². The van der Waals surface area contributed by atoms with Crippen molar-refractivity contribution in [2.45, 2.75) is 13.3 Å². The number of carbonyl (C=O) groups is 2. The summed E-state index contributed by atoms with van der Waals surface area (Å²) in [4.78, 5) is 21.3. The zero-order chi connectivity index (χ0) is 14.4. The van der Waals surface area contributed by atoms with Crippen LogP contribution >= 0.6 is 11.8 Å². The molecule has 0 radical (unpaired) electrons. The Morgan fingerprint density at radius 3 is 2.63 bits per heavy atom. The average Bonchev–Trinajstić information content (AvgIpc) is 2.30. The van der Waals surface area contributed by atoms with Gasteiger partial charge >= 0.3 is 5.97 Å². The molecule has 6 heteroatoms. The highest BCUT2D eigenvalue weighted by Crippen LogP contribution is 2.16. The monoisotopic (exact) mass is 284 g/mol. The molecule has 0 heterocycles. The molecule has 3 nitrogen and oxygen atoms in total. The summed E-state index contributed by atoms with van der Waals surface area (Å²) in [5.41, 5.74) is -1.18. The number of carboxylic acid groups (broad SMARTS) is 1. The zero-order valence-corrected chi connectivity index (χ0v) is 10.8. The molecule has 0 aliphatic rings. The van der Waals surface area contributed by atoms with Gasteiger partial charge in [-0.15, -0.1) is 0 Å². The summed E-state index contributed by atoms with van der Waals surface area (Å²) in [6.45, 7) is 1.43. The molecule has 0 aromatic heterocycles. The van der Waals surface area contributed by atoms with E-state index in [0.717, 1.165) is 23.9 Å². The van der Waals surface area contributed by atoms with Gasteiger partial charge < -0.3 is 5.11 Å². The number of hydrogen-bond acceptors (Lipinski definition) is 3. The number of halogens is 2. The molecule has 0 saturated heterocycles. The highest BCUT2D eigenvalue weighted by atomic mass is 32.2. The van der Waals surface area contributed by atoms with Crippen molar-refractivity contribution in [2.75, 3.05) is 5.75 Å². The Bertz CT molecular complexity index is 573. The van der Waals surface area contributed by atoms with Crippen molar-refractivity contribution in [3.8, 4) is 11.8 Å². The third-order valence-electron chi connectivity index (χ3n) is 2.06. The van der Waals surface area contributed by atoms with E-state index < -0.39 is 23.2 Å². The smallest absolute Gasteiger partial charge is 0.341 e. The summed E-state index contributed by atoms with van der Waals surface area (Å²) in [6.07, 6.45) is 0.351. The second-order valence-electron chi connectivity index (χ2n) is 3.48. The van der Waals surface area contributed by atoms with Crippen molar-refractivity contribution in [3.05, 3.63) is 34.9 Å². The number of rotatable bonds is 3. The first-order valence-corrected chi connectivity index (χ1v) is 6.25. The van der Waals surface area contributed by atoms with E-state index in [1.54, 1.807) is 0 Å². The summed E-state index contributed by atoms with van der Waals surface area (Å²) in [6, 6.07) is 1.95. The van der Waals surface area contributed by atoms with E-state index in [1.807, 2.05) is 0 Å². The number of carbonyl (C=O) groups excluding carboxylic acids is 1. The molecular formula is C13H10F2O3S. The number of thioether (sulfide) groups is 1. The van der Waals surface area contributed by atoms with Crippen LogP contribution in [0.4, 0.5) is 8.78 Å². The quantitative estimate of drug-likeness (QED) is 0.685. The van der Waals surface area contributed by atoms with E-state index >= 15 is 0 Å². The molecule has 1 aromatic carbocycles. The molecule has 19 heavy (non-hydrogen) atoms. The molecule has 0 atom stereocenters. The van der Waals surface area contributed by atoms with Crippen LogP contribution in [0, 0.1) is 23.5 Å². The molecule has 1 N–H and O–H groups in total. The van der Waals surface area contributed by atoms with E-state index in [-0.39, 0.29) is 10.7 Å². The van der Waals surface area contributed by atoms with Crippen LogP contribution in [0.1, 0.15) is 29.3 Å². The molecule has 0 unspecified atom stereocenters. The Hall–Kier alpha value is -1.87. The highest BCUT2D eigenvalue weighted by Gasteiger charge is 2.18. The molecule has 0 bridgehead atoms. The van der Waals surface area contributed by atoms with E-state index in [9.17, 15) is 18.4 Å². The van der Waals surface area contributed by atoms with Crippen LogP contribution in [0.15, 0.2) is 12.1 Å². The fraction of sp³-hybridized carbons (Fsp3) is 0.231. The van der Waals surface area contributed by atoms with Crippen LogP contribution in [0.5, 0.6) is 0 Å². The molecule has 0 saturated carbocycles. The number of hydrogen-bond donors (Lipinski definition) is 1. The van der Waals surface area contributed by atoms with E-state index in [4.69, 9.17) is 5.11 Å². The Labute approximate surface area is 113 Å². The van der Waals surface area contributed by atoms with Gasteiger partial charge in [-0.3, -0.25) is 4.79 Å². The molecule has 0 fully saturated rings. The third-order valence-corrected chi connectivity index (χ3v) is 2.88. The van der Waals surface area contributed by atoms with Crippen molar-refractivity contribution in [2.24, 2.45) is 0 Å². The van der Waals surface area contributed by atoms with Crippen LogP contribution in [0.3, 0.4) is 0 Å². The number of benzene rings is 1. The molecule has 0 aliphatic carbocycles. The molecule has 0 aliphatic heterocycles. The number of carboxylic acids is 1. The van der Waals surface area contributed by atoms with Gasteiger partial charge in [-0.2, -0.15) is 0 Å². The van der Waals surface area contributed by atoms with Crippen molar-refractivity contribution < 1.29 is 23.5 Å². The fourth-order valence-electron chi connectivity index (χ4n) is 1.25. The minimum absolute atomic E-state index is 0.0390. The maximum Gasteiger partial charge on any atom is 0.341 e. The largest absolute Gasteiger partial charge is 0.477 e. The van der Waals surface area contributed by atoms with Crippen LogP contribution in [-0.4, -0.2) is 21.9 Å². The van der Waals surface area contributed by atoms with Crippen molar-refractivity contribution in [1.82, 2.24) is 0 Å². The topological polar surface area (TPSA) is 54.4 Å². The second-order valence-corrected chi connectivity index (χ2v) is 4.75. The summed E-state index contributed by atoms with van der Waals surface area (Å²) in [5.74, 6) is 1.51. The summed E-state index contributed by atoms with van der Waals surface area (Å²) in [7, 11) is 0. The van der Waals surface area contributed by atoms with Crippen LogP contribution in [0.25, 0.3) is 0 Å². The van der Waals surface area contributed by atoms with Gasteiger partial charge in [-0.1, -0.05) is 23.6 Å². The van der Waals surface area contributed by atoms with Gasteiger partial charge in [-0.25, -0.2) is 13.6 Å². The third kappa shape index (κ3) is 4.38. The lowest BCUT2D eigenvalue weighted by Gasteiger charge is -2.01. The first-order chi connectivity index (χ1) is 8.93. The summed E-state index contributed by atoms with van der Waals surface area (Å²) in [5, 5.41) is 8.63. The molecule has 0 spiro atoms. The standard InChI is InChI=1S/C13H10F2O3S/c1-8(16)19-7-3-2-4-9-5-6-10(14)11(12(9)15)13(17)18/h5-6H,3,7H2,1H3,(H,17,18). The Morgan fingerprint density at radius 1 is 1.37 bits per heavy atom. The second kappa shape index (κ2) is 6.90. The maximum absolute atomic E-state index is 13.6. The minimum Gasteiger partial charge on any atom is -0.477 e. The average molecular weight is 284 g/mol. The summed E-state index contributed by atoms with van der Waals surface area (Å²) < 4.78 is 26.7. The van der Waals surface area contributed by atoms with E-state index in [0.29, 0.717) is 12.2 Å². The lowest BCUT2D eigenvalue weighted by atomic mass is 10.1. The molecule has 0 amide bonds. The predicted octanol–water partition coefficient (Wildman–Crippen LogP) is 2.68. The first-order valence-electron chi connectivity index (χ1n) is 5.27. The molecule has 1 rings (SSSR count). The Morgan fingerprint density at radius 2 is 2.05 bits per heavy atom. The molecular weight excluding hydrogens is 274 g/mol. The fourth-order valence-corrected chi connectivity index (χ4v) is 1.74. The lowest BCUT2D eigenvalue weighted by Crippen LogP contribution is -2.06. The van der Waals surface area contributed by atoms with Gasteiger partial charge in [-0.05, 0) is 12.1 Å². The lowest BCUT2D eigenvalue weighted by molar-refractivity contribution is -0.109. The Balaban J connectivity index is 2.86. The van der Waals surface area contributed by atoms with Crippen LogP contribution in [0.2, 0.25) is 0 Å². The minimum atomic E-state index is -1.68. The summed E-state index contributed by atoms with van der Waals surface area (Å²) >= 11 is 1.09. The first kappa shape index (κ1) is 15.2. The Kier molecular flexibility index (Phi) is 5.52.